The molecule has 0 atom stereocenters. The van der Waals surface area contributed by atoms with Crippen molar-refractivity contribution in [3.05, 3.63) is 70.8 Å². The average Bonchev–Trinajstić information content (AvgIpc) is 2.58. The fourth-order valence-electron chi connectivity index (χ4n) is 2.36. The van der Waals surface area contributed by atoms with Gasteiger partial charge in [0, 0.05) is 11.6 Å². The minimum atomic E-state index is 0.801. The van der Waals surface area contributed by atoms with Crippen molar-refractivity contribution >= 4 is 12.2 Å². The summed E-state index contributed by atoms with van der Waals surface area (Å²) in [6, 6.07) is 14.3. The van der Waals surface area contributed by atoms with Gasteiger partial charge in [-0.05, 0) is 37.5 Å². The molecule has 2 aromatic rings. The van der Waals surface area contributed by atoms with Crippen LogP contribution >= 0.6 is 0 Å². The van der Waals surface area contributed by atoms with E-state index in [4.69, 9.17) is 9.47 Å². The second kappa shape index (κ2) is 8.23. The molecule has 120 valence electrons. The molecule has 0 fully saturated rings. The number of hydrogen-bond donors (Lipinski definition) is 0. The lowest BCUT2D eigenvalue weighted by Gasteiger charge is -2.13. The van der Waals surface area contributed by atoms with Gasteiger partial charge in [0.25, 0.3) is 0 Å². The van der Waals surface area contributed by atoms with Gasteiger partial charge in [-0.25, -0.2) is 0 Å². The Labute approximate surface area is 139 Å². The van der Waals surface area contributed by atoms with Crippen LogP contribution in [0.25, 0.3) is 12.2 Å². The predicted molar refractivity (Wildman–Crippen MR) is 98.1 cm³/mol. The molecule has 0 radical (unpaired) electrons. The van der Waals surface area contributed by atoms with Crippen molar-refractivity contribution in [3.8, 4) is 11.5 Å². The summed E-state index contributed by atoms with van der Waals surface area (Å²) in [5.41, 5.74) is 4.74. The Hall–Kier alpha value is -2.48. The average molecular weight is 308 g/mol. The molecule has 2 aromatic carbocycles. The topological polar surface area (TPSA) is 18.5 Å². The van der Waals surface area contributed by atoms with E-state index in [1.165, 1.54) is 16.7 Å². The first kappa shape index (κ1) is 16.9. The normalized spacial score (nSPS) is 10.6. The molecule has 0 unspecified atom stereocenters. The molecule has 0 aliphatic heterocycles. The number of methoxy groups -OCH3 is 2. The van der Waals surface area contributed by atoms with Gasteiger partial charge < -0.3 is 9.47 Å². The van der Waals surface area contributed by atoms with E-state index in [2.05, 4.69) is 50.3 Å². The van der Waals surface area contributed by atoms with E-state index in [9.17, 15) is 0 Å². The molecule has 0 saturated heterocycles. The zero-order valence-electron chi connectivity index (χ0n) is 14.3. The van der Waals surface area contributed by atoms with Gasteiger partial charge in [-0.15, -0.1) is 0 Å². The van der Waals surface area contributed by atoms with Gasteiger partial charge in [0.1, 0.15) is 11.5 Å². The Morgan fingerprint density at radius 1 is 0.957 bits per heavy atom. The fraction of sp³-hybridized carbons (Fsp3) is 0.238. The van der Waals surface area contributed by atoms with E-state index in [0.717, 1.165) is 23.5 Å². The maximum Gasteiger partial charge on any atom is 0.126 e. The van der Waals surface area contributed by atoms with Gasteiger partial charge in [0.2, 0.25) is 0 Å². The third-order valence-electron chi connectivity index (χ3n) is 3.64. The lowest BCUT2D eigenvalue weighted by molar-refractivity contribution is 0.391. The lowest BCUT2D eigenvalue weighted by atomic mass is 10.00. The molecular formula is C21H24O2. The van der Waals surface area contributed by atoms with Gasteiger partial charge in [-0.3, -0.25) is 0 Å². The number of allylic oxidation sites excluding steroid dienone is 2. The van der Waals surface area contributed by atoms with Gasteiger partial charge in [-0.2, -0.15) is 0 Å². The minimum Gasteiger partial charge on any atom is -0.497 e. The third-order valence-corrected chi connectivity index (χ3v) is 3.64. The molecule has 0 aliphatic rings. The molecular weight excluding hydrogens is 284 g/mol. The van der Waals surface area contributed by atoms with Crippen LogP contribution in [0.2, 0.25) is 0 Å². The van der Waals surface area contributed by atoms with Gasteiger partial charge in [0.05, 0.1) is 14.2 Å². The molecule has 23 heavy (non-hydrogen) atoms. The highest BCUT2D eigenvalue weighted by Gasteiger charge is 2.09. The van der Waals surface area contributed by atoms with Crippen LogP contribution in [0.1, 0.15) is 30.5 Å². The van der Waals surface area contributed by atoms with Crippen molar-refractivity contribution in [1.29, 1.82) is 0 Å². The maximum absolute atomic E-state index is 5.57. The van der Waals surface area contributed by atoms with Crippen molar-refractivity contribution in [2.24, 2.45) is 0 Å². The SMILES string of the molecule is COc1cc(/C=C/c2ccccc2)c(CC=C(C)C)c(OC)c1. The Balaban J connectivity index is 2.45. The van der Waals surface area contributed by atoms with Crippen LogP contribution in [0, 0.1) is 0 Å². The summed E-state index contributed by atoms with van der Waals surface area (Å²) in [6.45, 7) is 4.21. The standard InChI is InChI=1S/C21H24O2/c1-16(2)10-13-20-18(12-11-17-8-6-5-7-9-17)14-19(22-3)15-21(20)23-4/h5-12,14-15H,13H2,1-4H3/b12-11+. The largest absolute Gasteiger partial charge is 0.497 e. The second-order valence-electron chi connectivity index (χ2n) is 5.63. The second-order valence-corrected chi connectivity index (χ2v) is 5.63. The Morgan fingerprint density at radius 3 is 2.30 bits per heavy atom. The van der Waals surface area contributed by atoms with Crippen LogP contribution in [-0.4, -0.2) is 14.2 Å². The molecule has 0 spiro atoms. The van der Waals surface area contributed by atoms with Crippen molar-refractivity contribution in [1.82, 2.24) is 0 Å². The Bertz CT molecular complexity index is 693. The predicted octanol–water partition coefficient (Wildman–Crippen LogP) is 5.38. The molecule has 0 heterocycles. The first-order chi connectivity index (χ1) is 11.1. The Morgan fingerprint density at radius 2 is 1.70 bits per heavy atom. The maximum atomic E-state index is 5.57. The zero-order valence-corrected chi connectivity index (χ0v) is 14.3. The van der Waals surface area contributed by atoms with Crippen LogP contribution in [0.5, 0.6) is 11.5 Å². The molecule has 2 rings (SSSR count). The quantitative estimate of drug-likeness (QED) is 0.526. The summed E-state index contributed by atoms with van der Waals surface area (Å²) >= 11 is 0. The van der Waals surface area contributed by atoms with Crippen LogP contribution in [0.3, 0.4) is 0 Å². The molecule has 0 N–H and O–H groups in total. The molecule has 0 saturated carbocycles. The van der Waals surface area contributed by atoms with Crippen molar-refractivity contribution < 1.29 is 9.47 Å². The number of ether oxygens (including phenoxy) is 2. The summed E-state index contributed by atoms with van der Waals surface area (Å²) in [5, 5.41) is 0. The van der Waals surface area contributed by atoms with Crippen LogP contribution in [-0.2, 0) is 6.42 Å². The van der Waals surface area contributed by atoms with E-state index >= 15 is 0 Å². The van der Waals surface area contributed by atoms with Gasteiger partial charge in [-0.1, -0.05) is 54.1 Å². The molecule has 2 heteroatoms. The monoisotopic (exact) mass is 308 g/mol. The minimum absolute atomic E-state index is 0.801. The van der Waals surface area contributed by atoms with Crippen molar-refractivity contribution in [3.63, 3.8) is 0 Å². The van der Waals surface area contributed by atoms with Crippen LogP contribution in [0.15, 0.2) is 54.1 Å². The number of hydrogen-bond acceptors (Lipinski definition) is 2. The van der Waals surface area contributed by atoms with Crippen LogP contribution < -0.4 is 9.47 Å². The summed E-state index contributed by atoms with van der Waals surface area (Å²) in [7, 11) is 3.38. The number of rotatable bonds is 6. The van der Waals surface area contributed by atoms with E-state index in [1.807, 2.05) is 24.3 Å². The number of benzene rings is 2. The Kier molecular flexibility index (Phi) is 6.04. The molecule has 0 aromatic heterocycles. The smallest absolute Gasteiger partial charge is 0.126 e. The molecule has 0 bridgehead atoms. The summed E-state index contributed by atoms with van der Waals surface area (Å²) in [5.74, 6) is 1.66. The van der Waals surface area contributed by atoms with Crippen molar-refractivity contribution in [2.75, 3.05) is 14.2 Å². The first-order valence-corrected chi connectivity index (χ1v) is 7.75. The fourth-order valence-corrected chi connectivity index (χ4v) is 2.36. The van der Waals surface area contributed by atoms with Gasteiger partial charge in [0.15, 0.2) is 0 Å². The van der Waals surface area contributed by atoms with E-state index < -0.39 is 0 Å². The van der Waals surface area contributed by atoms with Gasteiger partial charge >= 0.3 is 0 Å². The highest BCUT2D eigenvalue weighted by atomic mass is 16.5. The first-order valence-electron chi connectivity index (χ1n) is 7.75. The molecule has 2 nitrogen and oxygen atoms in total. The lowest BCUT2D eigenvalue weighted by Crippen LogP contribution is -1.97. The van der Waals surface area contributed by atoms with Crippen LogP contribution in [0.4, 0.5) is 0 Å². The molecule has 0 aliphatic carbocycles. The molecule has 0 amide bonds. The van der Waals surface area contributed by atoms with E-state index in [0.29, 0.717) is 0 Å². The summed E-state index contributed by atoms with van der Waals surface area (Å²) in [6.07, 6.45) is 7.28. The zero-order chi connectivity index (χ0) is 16.7. The highest BCUT2D eigenvalue weighted by molar-refractivity contribution is 5.73. The third kappa shape index (κ3) is 4.75. The highest BCUT2D eigenvalue weighted by Crippen LogP contribution is 2.31. The van der Waals surface area contributed by atoms with Crippen molar-refractivity contribution in [2.45, 2.75) is 20.3 Å². The van der Waals surface area contributed by atoms with E-state index in [-0.39, 0.29) is 0 Å². The van der Waals surface area contributed by atoms with E-state index in [1.54, 1.807) is 14.2 Å². The summed E-state index contributed by atoms with van der Waals surface area (Å²) < 4.78 is 11.0. The summed E-state index contributed by atoms with van der Waals surface area (Å²) in [4.78, 5) is 0.